The second kappa shape index (κ2) is 5.84. The van der Waals surface area contributed by atoms with E-state index >= 15 is 0 Å². The fourth-order valence-electron chi connectivity index (χ4n) is 4.14. The maximum atomic E-state index is 13.0. The predicted molar refractivity (Wildman–Crippen MR) is 87.2 cm³/mol. The fraction of sp³-hybridized carbons (Fsp3) is 0.500. The Balaban J connectivity index is 1.69. The molecule has 25 heavy (non-hydrogen) atoms. The standard InChI is InChI=1S/C18H20N2O5/c1-24-11-6-9-5-10-8-20(13-3-4-14(21)19-17(13)22)18(23)15(10)16(25-2)12(9)7-11/h5,11,13H,3-4,6-8H2,1-2H3,(H,19,21,22)/t11?,13-/m0/s1. The Labute approximate surface area is 145 Å². The zero-order chi connectivity index (χ0) is 17.7. The van der Waals surface area contributed by atoms with Gasteiger partial charge in [0.2, 0.25) is 11.8 Å². The number of ether oxygens (including phenoxy) is 2. The van der Waals surface area contributed by atoms with E-state index in [0.717, 1.165) is 23.1 Å². The summed E-state index contributed by atoms with van der Waals surface area (Å²) in [6, 6.07) is 1.43. The van der Waals surface area contributed by atoms with Crippen molar-refractivity contribution in [1.82, 2.24) is 10.2 Å². The fourth-order valence-corrected chi connectivity index (χ4v) is 4.14. The van der Waals surface area contributed by atoms with E-state index < -0.39 is 11.9 Å². The van der Waals surface area contributed by atoms with Crippen molar-refractivity contribution in [2.45, 2.75) is 44.4 Å². The number of benzene rings is 1. The van der Waals surface area contributed by atoms with Gasteiger partial charge < -0.3 is 14.4 Å². The summed E-state index contributed by atoms with van der Waals surface area (Å²) in [7, 11) is 3.25. The first kappa shape index (κ1) is 16.1. The van der Waals surface area contributed by atoms with Gasteiger partial charge in [-0.25, -0.2) is 0 Å². The van der Waals surface area contributed by atoms with Crippen LogP contribution in [-0.2, 0) is 33.7 Å². The quantitative estimate of drug-likeness (QED) is 0.811. The summed E-state index contributed by atoms with van der Waals surface area (Å²) in [6.45, 7) is 0.363. The highest BCUT2D eigenvalue weighted by Gasteiger charge is 2.42. The molecule has 1 unspecified atom stereocenters. The molecule has 2 aliphatic heterocycles. The van der Waals surface area contributed by atoms with Crippen LogP contribution in [-0.4, -0.2) is 49.0 Å². The van der Waals surface area contributed by atoms with Gasteiger partial charge in [0.05, 0.1) is 18.8 Å². The molecule has 7 heteroatoms. The van der Waals surface area contributed by atoms with Crippen molar-refractivity contribution in [3.05, 3.63) is 28.3 Å². The molecule has 4 rings (SSSR count). The van der Waals surface area contributed by atoms with Crippen molar-refractivity contribution in [2.75, 3.05) is 14.2 Å². The highest BCUT2D eigenvalue weighted by molar-refractivity contribution is 6.06. The first-order valence-electron chi connectivity index (χ1n) is 8.42. The van der Waals surface area contributed by atoms with Gasteiger partial charge in [0.25, 0.3) is 5.91 Å². The number of imide groups is 1. The summed E-state index contributed by atoms with van der Waals surface area (Å²) in [4.78, 5) is 38.1. The number of hydrogen-bond acceptors (Lipinski definition) is 5. The highest BCUT2D eigenvalue weighted by atomic mass is 16.5. The van der Waals surface area contributed by atoms with Crippen LogP contribution in [0.4, 0.5) is 0 Å². The van der Waals surface area contributed by atoms with Crippen LogP contribution in [0.25, 0.3) is 0 Å². The summed E-state index contributed by atoms with van der Waals surface area (Å²) in [5, 5.41) is 2.32. The molecule has 1 saturated heterocycles. The molecule has 3 amide bonds. The normalized spacial score (nSPS) is 25.0. The number of piperidine rings is 1. The molecule has 1 fully saturated rings. The number of methoxy groups -OCH3 is 2. The van der Waals surface area contributed by atoms with Gasteiger partial charge in [-0.1, -0.05) is 6.07 Å². The molecular formula is C18H20N2O5. The minimum Gasteiger partial charge on any atom is -0.496 e. The molecular weight excluding hydrogens is 324 g/mol. The number of carbonyl (C=O) groups excluding carboxylic acids is 3. The van der Waals surface area contributed by atoms with E-state index in [0.29, 0.717) is 30.7 Å². The van der Waals surface area contributed by atoms with Gasteiger partial charge in [-0.2, -0.15) is 0 Å². The van der Waals surface area contributed by atoms with E-state index in [2.05, 4.69) is 5.32 Å². The summed E-state index contributed by atoms with van der Waals surface area (Å²) in [5.74, 6) is -0.284. The first-order valence-corrected chi connectivity index (χ1v) is 8.42. The Morgan fingerprint density at radius 2 is 1.96 bits per heavy atom. The Bertz CT molecular complexity index is 788. The maximum absolute atomic E-state index is 13.0. The van der Waals surface area contributed by atoms with Gasteiger partial charge >= 0.3 is 0 Å². The van der Waals surface area contributed by atoms with Gasteiger partial charge in [0.15, 0.2) is 0 Å². The summed E-state index contributed by atoms with van der Waals surface area (Å²) in [6.07, 6.45) is 2.22. The monoisotopic (exact) mass is 344 g/mol. The summed E-state index contributed by atoms with van der Waals surface area (Å²) in [5.41, 5.74) is 3.58. The maximum Gasteiger partial charge on any atom is 0.258 e. The molecule has 0 saturated carbocycles. The molecule has 132 valence electrons. The van der Waals surface area contributed by atoms with Crippen molar-refractivity contribution in [2.24, 2.45) is 0 Å². The minimum absolute atomic E-state index is 0.104. The van der Waals surface area contributed by atoms with Crippen molar-refractivity contribution < 1.29 is 23.9 Å². The lowest BCUT2D eigenvalue weighted by Gasteiger charge is -2.29. The van der Waals surface area contributed by atoms with Gasteiger partial charge in [0.1, 0.15) is 11.8 Å². The average Bonchev–Trinajstić information content (AvgIpc) is 3.14. The number of carbonyl (C=O) groups is 3. The predicted octanol–water partition coefficient (Wildman–Crippen LogP) is 0.570. The third kappa shape index (κ3) is 2.41. The molecule has 2 atom stereocenters. The third-order valence-corrected chi connectivity index (χ3v) is 5.38. The molecule has 0 spiro atoms. The molecule has 0 bridgehead atoms. The van der Waals surface area contributed by atoms with Crippen LogP contribution in [0.1, 0.15) is 39.9 Å². The highest BCUT2D eigenvalue weighted by Crippen LogP contribution is 2.41. The zero-order valence-electron chi connectivity index (χ0n) is 14.3. The van der Waals surface area contributed by atoms with Crippen LogP contribution < -0.4 is 10.1 Å². The number of amides is 3. The Hall–Kier alpha value is -2.41. The number of fused-ring (bicyclic) bond motifs is 2. The molecule has 0 radical (unpaired) electrons. The second-order valence-corrected chi connectivity index (χ2v) is 6.75. The molecule has 1 aliphatic carbocycles. The molecule has 3 aliphatic rings. The van der Waals surface area contributed by atoms with Crippen molar-refractivity contribution in [1.29, 1.82) is 0 Å². The smallest absolute Gasteiger partial charge is 0.258 e. The van der Waals surface area contributed by atoms with Crippen LogP contribution in [0.3, 0.4) is 0 Å². The summed E-state index contributed by atoms with van der Waals surface area (Å²) >= 11 is 0. The van der Waals surface area contributed by atoms with Gasteiger partial charge in [-0.3, -0.25) is 19.7 Å². The Morgan fingerprint density at radius 3 is 2.64 bits per heavy atom. The van der Waals surface area contributed by atoms with E-state index in [4.69, 9.17) is 9.47 Å². The number of rotatable bonds is 3. The van der Waals surface area contributed by atoms with Crippen LogP contribution in [0.5, 0.6) is 5.75 Å². The number of nitrogens with zero attached hydrogens (tertiary/aromatic N) is 1. The van der Waals surface area contributed by atoms with Gasteiger partial charge in [-0.15, -0.1) is 0 Å². The lowest BCUT2D eigenvalue weighted by molar-refractivity contribution is -0.136. The number of hydrogen-bond donors (Lipinski definition) is 1. The minimum atomic E-state index is -0.608. The number of nitrogens with one attached hydrogen (secondary N) is 1. The van der Waals surface area contributed by atoms with Crippen LogP contribution >= 0.6 is 0 Å². The van der Waals surface area contributed by atoms with Crippen LogP contribution in [0.15, 0.2) is 6.07 Å². The van der Waals surface area contributed by atoms with Crippen LogP contribution in [0.2, 0.25) is 0 Å². The lowest BCUT2D eigenvalue weighted by atomic mass is 10.00. The molecule has 1 aromatic rings. The zero-order valence-corrected chi connectivity index (χ0v) is 14.3. The second-order valence-electron chi connectivity index (χ2n) is 6.75. The SMILES string of the molecule is COc1c2c(cc3c1C(=O)N([C@H]1CCC(=O)NC1=O)C3)CC(OC)C2. The van der Waals surface area contributed by atoms with E-state index in [9.17, 15) is 14.4 Å². The first-order chi connectivity index (χ1) is 12.0. The van der Waals surface area contributed by atoms with Crippen molar-refractivity contribution in [3.63, 3.8) is 0 Å². The van der Waals surface area contributed by atoms with E-state index in [1.54, 1.807) is 19.1 Å². The molecule has 1 aromatic carbocycles. The topological polar surface area (TPSA) is 84.9 Å². The molecule has 7 nitrogen and oxygen atoms in total. The van der Waals surface area contributed by atoms with E-state index in [1.807, 2.05) is 6.07 Å². The van der Waals surface area contributed by atoms with Crippen LogP contribution in [0, 0.1) is 0 Å². The Morgan fingerprint density at radius 1 is 1.16 bits per heavy atom. The molecule has 2 heterocycles. The molecule has 1 N–H and O–H groups in total. The lowest BCUT2D eigenvalue weighted by Crippen LogP contribution is -2.52. The Kier molecular flexibility index (Phi) is 3.76. The van der Waals surface area contributed by atoms with Gasteiger partial charge in [-0.05, 0) is 24.0 Å². The summed E-state index contributed by atoms with van der Waals surface area (Å²) < 4.78 is 11.0. The largest absolute Gasteiger partial charge is 0.496 e. The third-order valence-electron chi connectivity index (χ3n) is 5.38. The van der Waals surface area contributed by atoms with E-state index in [1.165, 1.54) is 0 Å². The van der Waals surface area contributed by atoms with E-state index in [-0.39, 0.29) is 24.3 Å². The van der Waals surface area contributed by atoms with Gasteiger partial charge in [0, 0.05) is 32.1 Å². The van der Waals surface area contributed by atoms with Crippen molar-refractivity contribution >= 4 is 17.7 Å². The van der Waals surface area contributed by atoms with Crippen molar-refractivity contribution in [3.8, 4) is 5.75 Å². The average molecular weight is 344 g/mol. The molecule has 0 aromatic heterocycles.